The molecule has 0 saturated heterocycles. The topological polar surface area (TPSA) is 8.17 Å². The van der Waals surface area contributed by atoms with Gasteiger partial charge in [-0.15, -0.1) is 0 Å². The van der Waals surface area contributed by atoms with Gasteiger partial charge in [-0.1, -0.05) is 125 Å². The lowest BCUT2D eigenvalue weighted by molar-refractivity contribution is 0.517. The van der Waals surface area contributed by atoms with Gasteiger partial charge in [0, 0.05) is 39.6 Å². The third-order valence-corrected chi connectivity index (χ3v) is 11.0. The zero-order valence-electron chi connectivity index (χ0n) is 32.6. The molecule has 2 nitrogen and oxygen atoms in total. The molecule has 0 bridgehead atoms. The normalized spacial score (nSPS) is 19.9. The number of anilines is 1. The largest absolute Gasteiger partial charge is 0.314 e. The Labute approximate surface area is 312 Å². The number of rotatable bonds is 8. The van der Waals surface area contributed by atoms with Crippen molar-refractivity contribution in [3.63, 3.8) is 0 Å². The SMILES string of the molecule is C=CC1=C(\C=C/C)C(C)(C)/C=C/C(N(C(=C)/C=C\c2c(C)c(C)c(C)n2-c2ccc(C)cc2)c2ccc3c(c2)C(C)(C)Cc2ccccc2-3)=C\C=C\1. The zero-order valence-corrected chi connectivity index (χ0v) is 32.6. The van der Waals surface area contributed by atoms with Gasteiger partial charge in [0.25, 0.3) is 0 Å². The molecule has 2 aliphatic carbocycles. The minimum atomic E-state index is -0.241. The number of nitrogens with zero attached hydrogens (tertiary/aromatic N) is 2. The highest BCUT2D eigenvalue weighted by Gasteiger charge is 2.32. The molecule has 0 fully saturated rings. The van der Waals surface area contributed by atoms with Gasteiger partial charge in [-0.25, -0.2) is 0 Å². The van der Waals surface area contributed by atoms with Gasteiger partial charge in [0.2, 0.25) is 0 Å². The standard InChI is InChI=1S/C50H54N2/c1-12-17-46-39(13-2)19-16-20-41(30-31-49(46,8)9)51(43-27-28-45-44-21-15-14-18-40(44)33-50(10,11)47(45)32-43)35(4)24-29-48-37(6)36(5)38(7)52(48)42-25-22-34(3)23-26-42/h12-32H,2,4,33H2,1,3,5-11H3/b17-12-,19-16+,29-24-,31-30+,41-20+,46-39-. The van der Waals surface area contributed by atoms with Gasteiger partial charge < -0.3 is 9.47 Å². The van der Waals surface area contributed by atoms with Crippen molar-refractivity contribution in [3.8, 4) is 16.8 Å². The van der Waals surface area contributed by atoms with E-state index in [0.29, 0.717) is 0 Å². The Morgan fingerprint density at radius 3 is 2.29 bits per heavy atom. The second-order valence-corrected chi connectivity index (χ2v) is 15.6. The lowest BCUT2D eigenvalue weighted by Gasteiger charge is -2.36. The second-order valence-electron chi connectivity index (χ2n) is 15.6. The van der Waals surface area contributed by atoms with E-state index < -0.39 is 0 Å². The highest BCUT2D eigenvalue weighted by molar-refractivity contribution is 5.79. The van der Waals surface area contributed by atoms with E-state index in [4.69, 9.17) is 6.58 Å². The number of aryl methyl sites for hydroxylation is 1. The molecule has 1 aromatic heterocycles. The molecule has 0 radical (unpaired) electrons. The maximum atomic E-state index is 4.76. The molecule has 0 atom stereocenters. The number of hydrogen-bond donors (Lipinski definition) is 0. The van der Waals surface area contributed by atoms with Crippen LogP contribution >= 0.6 is 0 Å². The maximum absolute atomic E-state index is 4.76. The van der Waals surface area contributed by atoms with E-state index in [9.17, 15) is 0 Å². The molecule has 0 spiro atoms. The summed E-state index contributed by atoms with van der Waals surface area (Å²) in [6.45, 7) is 29.1. The zero-order chi connectivity index (χ0) is 37.4. The lowest BCUT2D eigenvalue weighted by Crippen LogP contribution is -2.27. The Balaban J connectivity index is 1.51. The van der Waals surface area contributed by atoms with Crippen molar-refractivity contribution in [1.29, 1.82) is 0 Å². The molecule has 3 aromatic carbocycles. The van der Waals surface area contributed by atoms with Gasteiger partial charge >= 0.3 is 0 Å². The molecular formula is C50H54N2. The fourth-order valence-electron chi connectivity index (χ4n) is 7.87. The number of fused-ring (bicyclic) bond motifs is 3. The molecule has 4 aromatic rings. The van der Waals surface area contributed by atoms with Crippen molar-refractivity contribution >= 4 is 11.8 Å². The quantitative estimate of drug-likeness (QED) is 0.168. The monoisotopic (exact) mass is 682 g/mol. The summed E-state index contributed by atoms with van der Waals surface area (Å²) in [5, 5.41) is 0. The smallest absolute Gasteiger partial charge is 0.0491 e. The highest BCUT2D eigenvalue weighted by atomic mass is 15.1. The fraction of sp³-hybridized carbons (Fsp3) is 0.240. The van der Waals surface area contributed by atoms with Crippen molar-refractivity contribution in [2.75, 3.05) is 4.90 Å². The first-order valence-electron chi connectivity index (χ1n) is 18.5. The van der Waals surface area contributed by atoms with Gasteiger partial charge in [-0.2, -0.15) is 0 Å². The molecule has 0 unspecified atom stereocenters. The molecule has 0 N–H and O–H groups in total. The summed E-state index contributed by atoms with van der Waals surface area (Å²) in [7, 11) is 0. The van der Waals surface area contributed by atoms with Crippen molar-refractivity contribution < 1.29 is 0 Å². The van der Waals surface area contributed by atoms with Crippen LogP contribution in [0.4, 0.5) is 5.69 Å². The van der Waals surface area contributed by atoms with Crippen LogP contribution < -0.4 is 4.90 Å². The fourth-order valence-corrected chi connectivity index (χ4v) is 7.87. The average Bonchev–Trinajstić information content (AvgIpc) is 3.36. The van der Waals surface area contributed by atoms with E-state index in [0.717, 1.165) is 34.8 Å². The Hall–Kier alpha value is -5.34. The minimum absolute atomic E-state index is 0.0295. The van der Waals surface area contributed by atoms with Crippen LogP contribution in [0.5, 0.6) is 0 Å². The van der Waals surface area contributed by atoms with Gasteiger partial charge in [0.15, 0.2) is 0 Å². The molecular weight excluding hydrogens is 629 g/mol. The van der Waals surface area contributed by atoms with Gasteiger partial charge in [0.1, 0.15) is 0 Å². The summed E-state index contributed by atoms with van der Waals surface area (Å²) in [4.78, 5) is 2.31. The Morgan fingerprint density at radius 1 is 0.846 bits per heavy atom. The van der Waals surface area contributed by atoms with E-state index in [-0.39, 0.29) is 10.8 Å². The van der Waals surface area contributed by atoms with Crippen LogP contribution in [-0.2, 0) is 11.8 Å². The number of aromatic nitrogens is 1. The van der Waals surface area contributed by atoms with E-state index in [1.807, 2.05) is 6.08 Å². The van der Waals surface area contributed by atoms with Crippen LogP contribution in [-0.4, -0.2) is 4.57 Å². The third kappa shape index (κ3) is 6.83. The summed E-state index contributed by atoms with van der Waals surface area (Å²) in [6.07, 6.45) is 22.8. The highest BCUT2D eigenvalue weighted by Crippen LogP contribution is 2.45. The summed E-state index contributed by atoms with van der Waals surface area (Å²) >= 11 is 0. The van der Waals surface area contributed by atoms with E-state index >= 15 is 0 Å². The van der Waals surface area contributed by atoms with Crippen LogP contribution in [0, 0.1) is 33.1 Å². The van der Waals surface area contributed by atoms with Crippen LogP contribution in [0.25, 0.3) is 22.9 Å². The lowest BCUT2D eigenvalue weighted by atomic mass is 9.70. The minimum Gasteiger partial charge on any atom is -0.314 e. The van der Waals surface area contributed by atoms with Crippen LogP contribution in [0.2, 0.25) is 0 Å². The first kappa shape index (κ1) is 36.5. The van der Waals surface area contributed by atoms with Gasteiger partial charge in [-0.3, -0.25) is 0 Å². The maximum Gasteiger partial charge on any atom is 0.0491 e. The third-order valence-electron chi connectivity index (χ3n) is 11.0. The predicted octanol–water partition coefficient (Wildman–Crippen LogP) is 13.3. The summed E-state index contributed by atoms with van der Waals surface area (Å²) in [5.74, 6) is 0. The Kier molecular flexibility index (Phi) is 10.1. The van der Waals surface area contributed by atoms with Crippen LogP contribution in [0.15, 0.2) is 157 Å². The summed E-state index contributed by atoms with van der Waals surface area (Å²) in [5.41, 5.74) is 17.9. The van der Waals surface area contributed by atoms with E-state index in [2.05, 4.69) is 200 Å². The van der Waals surface area contributed by atoms with Gasteiger partial charge in [-0.05, 0) is 140 Å². The summed E-state index contributed by atoms with van der Waals surface area (Å²) < 4.78 is 2.37. The molecule has 264 valence electrons. The van der Waals surface area contributed by atoms with Crippen molar-refractivity contribution in [1.82, 2.24) is 4.57 Å². The molecule has 2 aliphatic rings. The molecule has 0 amide bonds. The summed E-state index contributed by atoms with van der Waals surface area (Å²) in [6, 6.07) is 24.6. The number of allylic oxidation sites excluding steroid dienone is 11. The van der Waals surface area contributed by atoms with Gasteiger partial charge in [0.05, 0.1) is 0 Å². The molecule has 0 saturated carbocycles. The molecule has 2 heteroatoms. The van der Waals surface area contributed by atoms with E-state index in [1.54, 1.807) is 0 Å². The molecule has 6 rings (SSSR count). The molecule has 0 aliphatic heterocycles. The second kappa shape index (κ2) is 14.4. The Morgan fingerprint density at radius 2 is 1.58 bits per heavy atom. The average molecular weight is 683 g/mol. The molecule has 52 heavy (non-hydrogen) atoms. The Bertz CT molecular complexity index is 2230. The molecule has 1 heterocycles. The van der Waals surface area contributed by atoms with Crippen molar-refractivity contribution in [2.24, 2.45) is 5.41 Å². The van der Waals surface area contributed by atoms with Crippen molar-refractivity contribution in [3.05, 3.63) is 196 Å². The predicted molar refractivity (Wildman–Crippen MR) is 226 cm³/mol. The van der Waals surface area contributed by atoms with Crippen LogP contribution in [0.3, 0.4) is 0 Å². The number of hydrogen-bond acceptors (Lipinski definition) is 1. The number of benzene rings is 3. The first-order chi connectivity index (χ1) is 24.8. The van der Waals surface area contributed by atoms with Crippen molar-refractivity contribution in [2.45, 2.75) is 74.1 Å². The van der Waals surface area contributed by atoms with E-state index in [1.165, 1.54) is 55.9 Å². The van der Waals surface area contributed by atoms with Crippen LogP contribution in [0.1, 0.15) is 73.8 Å². The first-order valence-corrected chi connectivity index (χ1v) is 18.5.